The molecule has 11 heteroatoms. The Labute approximate surface area is 268 Å². The van der Waals surface area contributed by atoms with Gasteiger partial charge < -0.3 is 24.3 Å². The number of rotatable bonds is 7. The molecule has 2 amide bonds. The number of alkyl carbamates (subject to hydrolysis) is 1. The van der Waals surface area contributed by atoms with Crippen LogP contribution < -0.4 is 5.32 Å². The average Bonchev–Trinajstić information content (AvgIpc) is 3.70. The smallest absolute Gasteiger partial charge is 0.410 e. The van der Waals surface area contributed by atoms with Gasteiger partial charge in [0.25, 0.3) is 0 Å². The number of nitrogens with one attached hydrogen (secondary N) is 1. The minimum atomic E-state index is -0.618. The molecule has 3 heterocycles. The van der Waals surface area contributed by atoms with Gasteiger partial charge in [-0.3, -0.25) is 4.90 Å². The average molecular weight is 631 g/mol. The van der Waals surface area contributed by atoms with Crippen LogP contribution in [0.15, 0.2) is 65.0 Å². The van der Waals surface area contributed by atoms with Crippen LogP contribution in [0.25, 0.3) is 5.57 Å². The highest BCUT2D eigenvalue weighted by molar-refractivity contribution is 6.30. The molecule has 45 heavy (non-hydrogen) atoms. The predicted octanol–water partition coefficient (Wildman–Crippen LogP) is 5.98. The molecule has 6 rings (SSSR count). The van der Waals surface area contributed by atoms with Gasteiger partial charge in [-0.1, -0.05) is 37.2 Å². The molecule has 0 bridgehead atoms. The fourth-order valence-corrected chi connectivity index (χ4v) is 6.50. The van der Waals surface area contributed by atoms with Crippen LogP contribution in [0.4, 0.5) is 9.59 Å². The van der Waals surface area contributed by atoms with E-state index in [-0.39, 0.29) is 24.2 Å². The zero-order chi connectivity index (χ0) is 31.9. The number of ether oxygens (including phenoxy) is 2. The fraction of sp³-hybridized carbons (Fsp3) is 0.471. The molecule has 1 aromatic heterocycles. The molecule has 4 aliphatic rings. The Morgan fingerprint density at radius 1 is 1.13 bits per heavy atom. The zero-order valence-corrected chi connectivity index (χ0v) is 27.1. The van der Waals surface area contributed by atoms with Gasteiger partial charge in [-0.2, -0.15) is 0 Å². The summed E-state index contributed by atoms with van der Waals surface area (Å²) in [6, 6.07) is 4.97. The van der Waals surface area contributed by atoms with Crippen LogP contribution in [0.5, 0.6) is 0 Å². The van der Waals surface area contributed by atoms with Crippen molar-refractivity contribution in [3.05, 3.63) is 81.9 Å². The number of aliphatic imine (C=N–C) groups is 1. The van der Waals surface area contributed by atoms with Gasteiger partial charge in [0.05, 0.1) is 42.3 Å². The number of aromatic nitrogens is 2. The number of aryl methyl sites for hydroxylation is 1. The number of amides is 2. The molecule has 2 aliphatic heterocycles. The lowest BCUT2D eigenvalue weighted by atomic mass is 9.90. The highest BCUT2D eigenvalue weighted by Crippen LogP contribution is 2.47. The van der Waals surface area contributed by atoms with Crippen molar-refractivity contribution in [2.24, 2.45) is 18.0 Å². The van der Waals surface area contributed by atoms with Gasteiger partial charge in [0.15, 0.2) is 0 Å². The predicted molar refractivity (Wildman–Crippen MR) is 172 cm³/mol. The first-order valence-corrected chi connectivity index (χ1v) is 15.9. The Bertz CT molecular complexity index is 1660. The van der Waals surface area contributed by atoms with Crippen LogP contribution in [0.2, 0.25) is 5.02 Å². The van der Waals surface area contributed by atoms with Crippen molar-refractivity contribution in [2.45, 2.75) is 64.3 Å². The molecule has 2 atom stereocenters. The number of halogens is 1. The number of hydrogen-bond acceptors (Lipinski definition) is 7. The number of imidazole rings is 1. The molecule has 2 unspecified atom stereocenters. The summed E-state index contributed by atoms with van der Waals surface area (Å²) in [6.07, 6.45) is 7.85. The molecular weight excluding hydrogens is 592 g/mol. The maximum absolute atomic E-state index is 13.5. The number of hydrogen-bond donors (Lipinski definition) is 1. The Morgan fingerprint density at radius 2 is 1.89 bits per heavy atom. The summed E-state index contributed by atoms with van der Waals surface area (Å²) in [5.41, 5.74) is 10.9. The summed E-state index contributed by atoms with van der Waals surface area (Å²) in [4.78, 5) is 39.4. The van der Waals surface area contributed by atoms with E-state index in [0.29, 0.717) is 31.2 Å². The van der Waals surface area contributed by atoms with Crippen LogP contribution in [-0.2, 0) is 16.5 Å². The molecule has 1 aromatic carbocycles. The molecule has 2 aromatic rings. The van der Waals surface area contributed by atoms with Crippen molar-refractivity contribution in [1.29, 1.82) is 0 Å². The first kappa shape index (κ1) is 30.9. The second-order valence-electron chi connectivity index (χ2n) is 12.6. The van der Waals surface area contributed by atoms with Crippen molar-refractivity contribution in [1.82, 2.24) is 24.7 Å². The maximum atomic E-state index is 13.5. The van der Waals surface area contributed by atoms with E-state index in [1.54, 1.807) is 23.6 Å². The standard InChI is InChI=1S/C34H39ClN6O4/c1-21(2)34(10-11-34)45-32(42)38-30(28-19-36-20-39(28)5)27-17-23-7-6-12-37-29(23)31(25-9-8-24(35)18-26(25)27)40-13-15-41(16-14-40)33(43)44-22(3)4/h8-9,12,17-22,30-31H,10-11,13-16H2,1-5H3,(H,38,42). The van der Waals surface area contributed by atoms with E-state index < -0.39 is 17.7 Å². The van der Waals surface area contributed by atoms with Gasteiger partial charge in [-0.05, 0) is 73.2 Å². The lowest BCUT2D eigenvalue weighted by Crippen LogP contribution is -2.51. The summed E-state index contributed by atoms with van der Waals surface area (Å²) in [7, 11) is 1.90. The van der Waals surface area contributed by atoms with E-state index in [1.165, 1.54) is 0 Å². The quantitative estimate of drug-likeness (QED) is 0.378. The van der Waals surface area contributed by atoms with Gasteiger partial charge in [-0.25, -0.2) is 19.6 Å². The van der Waals surface area contributed by atoms with E-state index in [4.69, 9.17) is 26.1 Å². The third-order valence-corrected chi connectivity index (χ3v) is 9.25. The molecule has 1 N–H and O–H groups in total. The SMILES string of the molecule is CC(C)OC(=O)N1CCN(C2C3=NC=C=C=C3C=C(C(NC(=O)OC3(C(C)C)CC3)c3cncn3C)c3cc(Cl)ccc32)CC1. The molecule has 1 saturated carbocycles. The number of piperazine rings is 1. The second-order valence-corrected chi connectivity index (χ2v) is 13.1. The molecule has 0 spiro atoms. The van der Waals surface area contributed by atoms with Crippen LogP contribution >= 0.6 is 11.6 Å². The summed E-state index contributed by atoms with van der Waals surface area (Å²) >= 11 is 6.67. The van der Waals surface area contributed by atoms with Crippen molar-refractivity contribution >= 4 is 35.1 Å². The van der Waals surface area contributed by atoms with Crippen LogP contribution in [0.3, 0.4) is 0 Å². The molecular formula is C34H39ClN6O4. The molecule has 0 radical (unpaired) electrons. The number of carbonyl (C=O) groups excluding carboxylic acids is 2. The Morgan fingerprint density at radius 3 is 2.53 bits per heavy atom. The van der Waals surface area contributed by atoms with E-state index in [2.05, 4.69) is 40.5 Å². The number of allylic oxidation sites excluding steroid dienone is 1. The highest BCUT2D eigenvalue weighted by atomic mass is 35.5. The lowest BCUT2D eigenvalue weighted by molar-refractivity contribution is 0.0517. The fourth-order valence-electron chi connectivity index (χ4n) is 6.33. The van der Waals surface area contributed by atoms with Gasteiger partial charge in [0.1, 0.15) is 11.6 Å². The molecule has 1 saturated heterocycles. The van der Waals surface area contributed by atoms with Crippen LogP contribution in [0.1, 0.15) is 69.4 Å². The lowest BCUT2D eigenvalue weighted by Gasteiger charge is -2.40. The van der Waals surface area contributed by atoms with Crippen molar-refractivity contribution in [3.63, 3.8) is 0 Å². The Kier molecular flexibility index (Phi) is 8.51. The number of benzene rings is 1. The first-order valence-electron chi connectivity index (χ1n) is 15.5. The third kappa shape index (κ3) is 6.24. The number of fused-ring (bicyclic) bond motifs is 2. The van der Waals surface area contributed by atoms with Crippen LogP contribution in [-0.4, -0.2) is 75.1 Å². The Hall–Kier alpha value is -4.07. The first-order chi connectivity index (χ1) is 21.6. The van der Waals surface area contributed by atoms with E-state index >= 15 is 0 Å². The topological polar surface area (TPSA) is 101 Å². The Balaban J connectivity index is 1.40. The van der Waals surface area contributed by atoms with Crippen LogP contribution in [0, 0.1) is 5.92 Å². The largest absolute Gasteiger partial charge is 0.447 e. The van der Waals surface area contributed by atoms with E-state index in [1.807, 2.05) is 49.7 Å². The minimum Gasteiger partial charge on any atom is -0.447 e. The monoisotopic (exact) mass is 630 g/mol. The molecule has 236 valence electrons. The van der Waals surface area contributed by atoms with Crippen molar-refractivity contribution in [3.8, 4) is 0 Å². The molecule has 10 nitrogen and oxygen atoms in total. The molecule has 2 aliphatic carbocycles. The summed E-state index contributed by atoms with van der Waals surface area (Å²) < 4.78 is 13.4. The maximum Gasteiger partial charge on any atom is 0.410 e. The highest BCUT2D eigenvalue weighted by Gasteiger charge is 2.50. The van der Waals surface area contributed by atoms with Gasteiger partial charge >= 0.3 is 12.2 Å². The number of carbonyl (C=O) groups is 2. The molecule has 2 fully saturated rings. The van der Waals surface area contributed by atoms with E-state index in [9.17, 15) is 9.59 Å². The second kappa shape index (κ2) is 12.4. The van der Waals surface area contributed by atoms with Gasteiger partial charge in [0.2, 0.25) is 0 Å². The van der Waals surface area contributed by atoms with Crippen molar-refractivity contribution in [2.75, 3.05) is 26.2 Å². The van der Waals surface area contributed by atoms with Gasteiger partial charge in [0, 0.05) is 43.8 Å². The number of nitrogens with zero attached hydrogens (tertiary/aromatic N) is 5. The normalized spacial score (nSPS) is 20.8. The summed E-state index contributed by atoms with van der Waals surface area (Å²) in [6.45, 7) is 10.1. The van der Waals surface area contributed by atoms with Crippen molar-refractivity contribution < 1.29 is 19.1 Å². The zero-order valence-electron chi connectivity index (χ0n) is 26.3. The summed E-state index contributed by atoms with van der Waals surface area (Å²) in [5, 5.41) is 3.75. The summed E-state index contributed by atoms with van der Waals surface area (Å²) in [5.74, 6) is 0.214. The van der Waals surface area contributed by atoms with E-state index in [0.717, 1.165) is 46.5 Å². The third-order valence-electron chi connectivity index (χ3n) is 9.02. The minimum absolute atomic E-state index is 0.181. The van der Waals surface area contributed by atoms with Gasteiger partial charge in [-0.15, -0.1) is 0 Å².